The van der Waals surface area contributed by atoms with Gasteiger partial charge in [0.1, 0.15) is 10.7 Å². The Morgan fingerprint density at radius 2 is 2.27 bits per heavy atom. The number of thiophene rings is 2. The summed E-state index contributed by atoms with van der Waals surface area (Å²) >= 11 is 4.86. The van der Waals surface area contributed by atoms with Gasteiger partial charge in [-0.3, -0.25) is 4.79 Å². The van der Waals surface area contributed by atoms with Crippen LogP contribution in [0.5, 0.6) is 0 Å². The van der Waals surface area contributed by atoms with E-state index in [4.69, 9.17) is 0 Å². The number of aromatic nitrogens is 4. The van der Waals surface area contributed by atoms with Gasteiger partial charge in [-0.2, -0.15) is 0 Å². The minimum absolute atomic E-state index is 0.0570. The van der Waals surface area contributed by atoms with Crippen molar-refractivity contribution in [1.82, 2.24) is 19.5 Å². The molecular weight excluding hydrogens is 384 g/mol. The Balaban J connectivity index is 1.44. The molecule has 0 aromatic carbocycles. The average molecular weight is 401 g/mol. The lowest BCUT2D eigenvalue weighted by atomic mass is 10.2. The summed E-state index contributed by atoms with van der Waals surface area (Å²) in [7, 11) is 0. The maximum Gasteiger partial charge on any atom is 0.260 e. The van der Waals surface area contributed by atoms with Gasteiger partial charge in [0.2, 0.25) is 0 Å². The van der Waals surface area contributed by atoms with E-state index in [2.05, 4.69) is 38.6 Å². The number of H-pyrrole nitrogens is 1. The highest BCUT2D eigenvalue weighted by Gasteiger charge is 2.25. The second-order valence-corrected chi connectivity index (χ2v) is 9.48. The molecule has 0 bridgehead atoms. The van der Waals surface area contributed by atoms with Crippen molar-refractivity contribution >= 4 is 44.7 Å². The number of aryl methyl sites for hydroxylation is 1. The van der Waals surface area contributed by atoms with E-state index in [-0.39, 0.29) is 5.56 Å². The van der Waals surface area contributed by atoms with E-state index in [0.29, 0.717) is 23.0 Å². The average Bonchev–Trinajstić information content (AvgIpc) is 3.03. The first-order valence-electron chi connectivity index (χ1n) is 8.42. The maximum absolute atomic E-state index is 12.7. The first-order valence-corrected chi connectivity index (χ1v) is 11.1. The SMILES string of the molecule is Cc1ccc(-c2csc3nc(CSc4nccn4C4CC4)[nH]c(=O)c23)s1. The van der Waals surface area contributed by atoms with E-state index >= 15 is 0 Å². The molecule has 4 aromatic heterocycles. The summed E-state index contributed by atoms with van der Waals surface area (Å²) in [4.78, 5) is 27.9. The summed E-state index contributed by atoms with van der Waals surface area (Å²) in [5.41, 5.74) is 0.929. The Morgan fingerprint density at radius 3 is 3.04 bits per heavy atom. The van der Waals surface area contributed by atoms with Crippen LogP contribution in [0.2, 0.25) is 0 Å². The molecule has 0 unspecified atom stereocenters. The number of aromatic amines is 1. The topological polar surface area (TPSA) is 63.6 Å². The van der Waals surface area contributed by atoms with Gasteiger partial charge in [-0.15, -0.1) is 22.7 Å². The van der Waals surface area contributed by atoms with Crippen molar-refractivity contribution in [1.29, 1.82) is 0 Å². The Hall–Kier alpha value is -1.90. The number of hydrogen-bond acceptors (Lipinski definition) is 6. The fraction of sp³-hybridized carbons (Fsp3) is 0.278. The number of thioether (sulfide) groups is 1. The summed E-state index contributed by atoms with van der Waals surface area (Å²) in [5.74, 6) is 1.31. The summed E-state index contributed by atoms with van der Waals surface area (Å²) < 4.78 is 2.23. The summed E-state index contributed by atoms with van der Waals surface area (Å²) in [6.45, 7) is 2.08. The van der Waals surface area contributed by atoms with Gasteiger partial charge in [-0.05, 0) is 31.9 Å². The molecule has 132 valence electrons. The normalized spacial score (nSPS) is 14.3. The Bertz CT molecular complexity index is 1150. The molecular formula is C18H16N4OS3. The van der Waals surface area contributed by atoms with Crippen LogP contribution in [-0.2, 0) is 5.75 Å². The van der Waals surface area contributed by atoms with Gasteiger partial charge < -0.3 is 9.55 Å². The number of fused-ring (bicyclic) bond motifs is 1. The zero-order chi connectivity index (χ0) is 17.7. The van der Waals surface area contributed by atoms with Crippen LogP contribution in [0.25, 0.3) is 20.7 Å². The highest BCUT2D eigenvalue weighted by molar-refractivity contribution is 7.98. The number of imidazole rings is 1. The van der Waals surface area contributed by atoms with Gasteiger partial charge in [0.05, 0.1) is 11.1 Å². The largest absolute Gasteiger partial charge is 0.323 e. The van der Waals surface area contributed by atoms with Crippen LogP contribution < -0.4 is 5.56 Å². The smallest absolute Gasteiger partial charge is 0.260 e. The summed E-state index contributed by atoms with van der Waals surface area (Å²) in [6.07, 6.45) is 6.33. The molecule has 1 saturated carbocycles. The molecule has 1 N–H and O–H groups in total. The molecule has 1 aliphatic carbocycles. The fourth-order valence-electron chi connectivity index (χ4n) is 3.00. The Morgan fingerprint density at radius 1 is 1.38 bits per heavy atom. The lowest BCUT2D eigenvalue weighted by molar-refractivity contribution is 0.662. The molecule has 5 nitrogen and oxygen atoms in total. The number of nitrogens with one attached hydrogen (secondary N) is 1. The fourth-order valence-corrected chi connectivity index (χ4v) is 5.82. The third-order valence-electron chi connectivity index (χ3n) is 4.41. The van der Waals surface area contributed by atoms with Crippen molar-refractivity contribution in [2.45, 2.75) is 36.7 Å². The maximum atomic E-state index is 12.7. The van der Waals surface area contributed by atoms with E-state index in [1.807, 2.05) is 17.8 Å². The minimum atomic E-state index is -0.0570. The molecule has 0 saturated heterocycles. The molecule has 1 aliphatic rings. The van der Waals surface area contributed by atoms with E-state index in [9.17, 15) is 4.79 Å². The monoisotopic (exact) mass is 400 g/mol. The van der Waals surface area contributed by atoms with Crippen LogP contribution in [0.15, 0.2) is 39.9 Å². The van der Waals surface area contributed by atoms with Gasteiger partial charge in [-0.1, -0.05) is 11.8 Å². The molecule has 4 heterocycles. The van der Waals surface area contributed by atoms with Crippen molar-refractivity contribution < 1.29 is 0 Å². The first-order chi connectivity index (χ1) is 12.7. The molecule has 5 rings (SSSR count). The van der Waals surface area contributed by atoms with Crippen LogP contribution in [-0.4, -0.2) is 19.5 Å². The molecule has 8 heteroatoms. The highest BCUT2D eigenvalue weighted by atomic mass is 32.2. The Labute approximate surface area is 162 Å². The van der Waals surface area contributed by atoms with E-state index in [1.165, 1.54) is 29.1 Å². The lowest BCUT2D eigenvalue weighted by Crippen LogP contribution is -2.10. The summed E-state index contributed by atoms with van der Waals surface area (Å²) in [6, 6.07) is 4.75. The number of hydrogen-bond donors (Lipinski definition) is 1. The molecule has 0 radical (unpaired) electrons. The first kappa shape index (κ1) is 16.3. The molecule has 0 atom stereocenters. The third-order valence-corrected chi connectivity index (χ3v) is 7.31. The summed E-state index contributed by atoms with van der Waals surface area (Å²) in [5, 5.41) is 3.73. The molecule has 0 amide bonds. The predicted octanol–water partition coefficient (Wildman–Crippen LogP) is 4.85. The molecule has 0 spiro atoms. The second kappa shape index (κ2) is 6.37. The Kier molecular flexibility index (Phi) is 3.99. The van der Waals surface area contributed by atoms with Gasteiger partial charge in [0, 0.05) is 39.1 Å². The van der Waals surface area contributed by atoms with Gasteiger partial charge in [0.15, 0.2) is 5.16 Å². The minimum Gasteiger partial charge on any atom is -0.323 e. The van der Waals surface area contributed by atoms with Crippen molar-refractivity contribution in [3.8, 4) is 10.4 Å². The van der Waals surface area contributed by atoms with Crippen LogP contribution >= 0.6 is 34.4 Å². The van der Waals surface area contributed by atoms with Gasteiger partial charge >= 0.3 is 0 Å². The van der Waals surface area contributed by atoms with Crippen LogP contribution in [0.4, 0.5) is 0 Å². The third kappa shape index (κ3) is 2.91. The number of nitrogens with zero attached hydrogens (tertiary/aromatic N) is 3. The number of rotatable bonds is 5. The second-order valence-electron chi connectivity index (χ2n) is 6.39. The van der Waals surface area contributed by atoms with Crippen LogP contribution in [0, 0.1) is 6.92 Å². The van der Waals surface area contributed by atoms with Crippen LogP contribution in [0.1, 0.15) is 29.6 Å². The predicted molar refractivity (Wildman–Crippen MR) is 108 cm³/mol. The van der Waals surface area contributed by atoms with Crippen molar-refractivity contribution in [2.75, 3.05) is 0 Å². The molecule has 0 aliphatic heterocycles. The van der Waals surface area contributed by atoms with Crippen molar-refractivity contribution in [2.24, 2.45) is 0 Å². The highest BCUT2D eigenvalue weighted by Crippen LogP contribution is 2.38. The van der Waals surface area contributed by atoms with Crippen LogP contribution in [0.3, 0.4) is 0 Å². The quantitative estimate of drug-likeness (QED) is 0.487. The molecule has 26 heavy (non-hydrogen) atoms. The van der Waals surface area contributed by atoms with E-state index in [1.54, 1.807) is 23.1 Å². The van der Waals surface area contributed by atoms with E-state index in [0.717, 1.165) is 20.4 Å². The van der Waals surface area contributed by atoms with E-state index < -0.39 is 0 Å². The lowest BCUT2D eigenvalue weighted by Gasteiger charge is -2.05. The van der Waals surface area contributed by atoms with Crippen molar-refractivity contribution in [3.63, 3.8) is 0 Å². The zero-order valence-electron chi connectivity index (χ0n) is 14.1. The van der Waals surface area contributed by atoms with Gasteiger partial charge in [-0.25, -0.2) is 9.97 Å². The standard InChI is InChI=1S/C18H16N4OS3/c1-10-2-5-13(26-10)12-8-24-17-15(12)16(23)20-14(21-17)9-25-18-19-6-7-22(18)11-3-4-11/h2,5-8,11H,3-4,9H2,1H3,(H,20,21,23). The molecule has 1 fully saturated rings. The van der Waals surface area contributed by atoms with Gasteiger partial charge in [0.25, 0.3) is 5.56 Å². The zero-order valence-corrected chi connectivity index (χ0v) is 16.5. The molecule has 4 aromatic rings. The van der Waals surface area contributed by atoms with Crippen molar-refractivity contribution in [3.05, 3.63) is 51.0 Å².